The van der Waals surface area contributed by atoms with Gasteiger partial charge in [0.05, 0.1) is 13.7 Å². The summed E-state index contributed by atoms with van der Waals surface area (Å²) in [5.74, 6) is 0.814. The fourth-order valence-electron chi connectivity index (χ4n) is 3.99. The van der Waals surface area contributed by atoms with Gasteiger partial charge in [0, 0.05) is 30.5 Å². The number of methoxy groups -OCH3 is 1. The molecule has 0 spiro atoms. The van der Waals surface area contributed by atoms with Gasteiger partial charge in [-0.2, -0.15) is 0 Å². The number of nitrogens with zero attached hydrogens (tertiary/aromatic N) is 1. The first-order valence-corrected chi connectivity index (χ1v) is 9.82. The lowest BCUT2D eigenvalue weighted by molar-refractivity contribution is -0.134. The number of rotatable bonds is 6. The van der Waals surface area contributed by atoms with Crippen LogP contribution in [0.5, 0.6) is 5.75 Å². The number of likely N-dealkylation sites (tertiary alicyclic amines) is 1. The molecule has 6 heteroatoms. The van der Waals surface area contributed by atoms with Crippen LogP contribution in [0, 0.1) is 11.8 Å². The van der Waals surface area contributed by atoms with E-state index in [0.717, 1.165) is 31.4 Å². The number of benzene rings is 1. The van der Waals surface area contributed by atoms with Gasteiger partial charge < -0.3 is 15.0 Å². The van der Waals surface area contributed by atoms with Crippen LogP contribution in [0.4, 0.5) is 0 Å². The van der Waals surface area contributed by atoms with E-state index >= 15 is 0 Å². The molecule has 0 atom stereocenters. The monoisotopic (exact) mass is 372 g/mol. The molecule has 6 nitrogen and oxygen atoms in total. The first-order chi connectivity index (χ1) is 13.1. The molecule has 3 rings (SSSR count). The number of piperidine rings is 1. The highest BCUT2D eigenvalue weighted by Gasteiger charge is 2.29. The van der Waals surface area contributed by atoms with Crippen molar-refractivity contribution in [1.29, 1.82) is 0 Å². The van der Waals surface area contributed by atoms with Gasteiger partial charge in [-0.15, -0.1) is 0 Å². The summed E-state index contributed by atoms with van der Waals surface area (Å²) in [5, 5.41) is 2.78. The second kappa shape index (κ2) is 9.02. The zero-order valence-corrected chi connectivity index (χ0v) is 15.9. The predicted octanol–water partition coefficient (Wildman–Crippen LogP) is 2.42. The quantitative estimate of drug-likeness (QED) is 0.778. The van der Waals surface area contributed by atoms with E-state index in [2.05, 4.69) is 5.32 Å². The molecule has 1 aliphatic heterocycles. The van der Waals surface area contributed by atoms with Crippen molar-refractivity contribution >= 4 is 17.6 Å². The van der Waals surface area contributed by atoms with E-state index in [0.29, 0.717) is 31.5 Å². The van der Waals surface area contributed by atoms with Gasteiger partial charge in [-0.3, -0.25) is 14.4 Å². The summed E-state index contributed by atoms with van der Waals surface area (Å²) in [6, 6.07) is 7.16. The number of nitrogens with one attached hydrogen (secondary N) is 1. The summed E-state index contributed by atoms with van der Waals surface area (Å²) in [4.78, 5) is 38.8. The number of carbonyl (C=O) groups is 3. The lowest BCUT2D eigenvalue weighted by atomic mass is 9.89. The molecule has 1 saturated heterocycles. The lowest BCUT2D eigenvalue weighted by Crippen LogP contribution is -2.45. The highest BCUT2D eigenvalue weighted by Crippen LogP contribution is 2.25. The Morgan fingerprint density at radius 3 is 2.22 bits per heavy atom. The Kier molecular flexibility index (Phi) is 6.48. The zero-order chi connectivity index (χ0) is 19.2. The van der Waals surface area contributed by atoms with Crippen molar-refractivity contribution in [3.05, 3.63) is 29.8 Å². The minimum atomic E-state index is -0.0597. The van der Waals surface area contributed by atoms with Crippen molar-refractivity contribution in [2.75, 3.05) is 26.7 Å². The lowest BCUT2D eigenvalue weighted by Gasteiger charge is -2.31. The highest BCUT2D eigenvalue weighted by atomic mass is 16.5. The number of carbonyl (C=O) groups excluding carboxylic acids is 3. The maximum absolute atomic E-state index is 12.6. The summed E-state index contributed by atoms with van der Waals surface area (Å²) in [6.07, 6.45) is 5.38. The molecule has 27 heavy (non-hydrogen) atoms. The molecule has 1 aromatic rings. The Bertz CT molecular complexity index is 672. The van der Waals surface area contributed by atoms with Gasteiger partial charge in [-0.25, -0.2) is 0 Å². The van der Waals surface area contributed by atoms with E-state index in [4.69, 9.17) is 4.74 Å². The van der Waals surface area contributed by atoms with Crippen LogP contribution in [0.1, 0.15) is 48.9 Å². The van der Waals surface area contributed by atoms with E-state index in [1.807, 2.05) is 0 Å². The molecule has 1 aromatic carbocycles. The molecule has 2 aliphatic rings. The zero-order valence-electron chi connectivity index (χ0n) is 15.9. The van der Waals surface area contributed by atoms with Crippen LogP contribution in [0.15, 0.2) is 24.3 Å². The number of ether oxygens (including phenoxy) is 1. The van der Waals surface area contributed by atoms with Crippen molar-refractivity contribution in [2.45, 2.75) is 38.5 Å². The third-order valence-electron chi connectivity index (χ3n) is 5.73. The van der Waals surface area contributed by atoms with Crippen LogP contribution in [-0.4, -0.2) is 49.2 Å². The van der Waals surface area contributed by atoms with Crippen LogP contribution >= 0.6 is 0 Å². The number of hydrogen-bond donors (Lipinski definition) is 1. The van der Waals surface area contributed by atoms with Crippen LogP contribution in [0.25, 0.3) is 0 Å². The molecule has 1 N–H and O–H groups in total. The maximum Gasteiger partial charge on any atom is 0.241 e. The maximum atomic E-state index is 12.6. The molecule has 2 amide bonds. The summed E-state index contributed by atoms with van der Waals surface area (Å²) in [6.45, 7) is 1.18. The van der Waals surface area contributed by atoms with Gasteiger partial charge >= 0.3 is 0 Å². The average Bonchev–Trinajstić information content (AvgIpc) is 3.26. The Hall–Kier alpha value is -2.37. The minimum absolute atomic E-state index is 0.00502. The standard InChI is InChI=1S/C21H28N2O4/c1-27-18-8-6-15(7-9-18)20(25)16-10-12-23(13-11-16)19(24)14-22-21(26)17-4-2-3-5-17/h6-9,16-17H,2-5,10-14H2,1H3,(H,22,26). The molecular weight excluding hydrogens is 344 g/mol. The topological polar surface area (TPSA) is 75.7 Å². The molecule has 2 fully saturated rings. The number of ketones is 1. The Balaban J connectivity index is 1.44. The molecule has 1 aliphatic carbocycles. The van der Waals surface area contributed by atoms with E-state index in [-0.39, 0.29) is 36.0 Å². The second-order valence-electron chi connectivity index (χ2n) is 7.45. The summed E-state index contributed by atoms with van der Waals surface area (Å²) >= 11 is 0. The van der Waals surface area contributed by atoms with Gasteiger partial charge in [0.25, 0.3) is 0 Å². The molecule has 146 valence electrons. The van der Waals surface area contributed by atoms with Crippen LogP contribution in [-0.2, 0) is 9.59 Å². The Labute approximate surface area is 160 Å². The normalized spacial score (nSPS) is 18.3. The van der Waals surface area contributed by atoms with E-state index in [9.17, 15) is 14.4 Å². The van der Waals surface area contributed by atoms with Gasteiger partial charge in [0.2, 0.25) is 11.8 Å². The van der Waals surface area contributed by atoms with Crippen LogP contribution < -0.4 is 10.1 Å². The highest BCUT2D eigenvalue weighted by molar-refractivity contribution is 5.98. The molecule has 0 unspecified atom stereocenters. The van der Waals surface area contributed by atoms with Crippen molar-refractivity contribution < 1.29 is 19.1 Å². The van der Waals surface area contributed by atoms with Gasteiger partial charge in [-0.1, -0.05) is 12.8 Å². The Morgan fingerprint density at radius 2 is 1.63 bits per heavy atom. The van der Waals surface area contributed by atoms with Crippen molar-refractivity contribution in [1.82, 2.24) is 10.2 Å². The molecular formula is C21H28N2O4. The molecule has 0 bridgehead atoms. The van der Waals surface area contributed by atoms with Crippen molar-refractivity contribution in [2.24, 2.45) is 11.8 Å². The second-order valence-corrected chi connectivity index (χ2v) is 7.45. The minimum Gasteiger partial charge on any atom is -0.497 e. The summed E-state index contributed by atoms with van der Waals surface area (Å²) in [7, 11) is 1.60. The molecule has 1 heterocycles. The Morgan fingerprint density at radius 1 is 1.00 bits per heavy atom. The first kappa shape index (κ1) is 19.4. The van der Waals surface area contributed by atoms with E-state index in [1.54, 1.807) is 36.3 Å². The third-order valence-corrected chi connectivity index (χ3v) is 5.73. The predicted molar refractivity (Wildman–Crippen MR) is 102 cm³/mol. The number of Topliss-reactive ketones (excluding diaryl/α,β-unsaturated/α-hetero) is 1. The van der Waals surface area contributed by atoms with E-state index in [1.165, 1.54) is 0 Å². The van der Waals surface area contributed by atoms with E-state index < -0.39 is 0 Å². The summed E-state index contributed by atoms with van der Waals surface area (Å²) < 4.78 is 5.12. The third kappa shape index (κ3) is 4.87. The van der Waals surface area contributed by atoms with Crippen molar-refractivity contribution in [3.8, 4) is 5.75 Å². The fraction of sp³-hybridized carbons (Fsp3) is 0.571. The van der Waals surface area contributed by atoms with Crippen LogP contribution in [0.3, 0.4) is 0 Å². The first-order valence-electron chi connectivity index (χ1n) is 9.82. The fourth-order valence-corrected chi connectivity index (χ4v) is 3.99. The van der Waals surface area contributed by atoms with Gasteiger partial charge in [-0.05, 0) is 49.9 Å². The SMILES string of the molecule is COc1ccc(C(=O)C2CCN(C(=O)CNC(=O)C3CCCC3)CC2)cc1. The van der Waals surface area contributed by atoms with Gasteiger partial charge in [0.15, 0.2) is 5.78 Å². The summed E-state index contributed by atoms with van der Waals surface area (Å²) in [5.41, 5.74) is 0.685. The molecule has 0 aromatic heterocycles. The largest absolute Gasteiger partial charge is 0.497 e. The average molecular weight is 372 g/mol. The van der Waals surface area contributed by atoms with Crippen LogP contribution in [0.2, 0.25) is 0 Å². The molecule has 0 radical (unpaired) electrons. The van der Waals surface area contributed by atoms with Crippen molar-refractivity contribution in [3.63, 3.8) is 0 Å². The van der Waals surface area contributed by atoms with Gasteiger partial charge in [0.1, 0.15) is 5.75 Å². The number of amides is 2. The number of hydrogen-bond acceptors (Lipinski definition) is 4. The molecule has 1 saturated carbocycles. The smallest absolute Gasteiger partial charge is 0.241 e.